The number of hydrogen-bond donors (Lipinski definition) is 1. The second-order valence-corrected chi connectivity index (χ2v) is 8.56. The van der Waals surface area contributed by atoms with Crippen LogP contribution in [0.4, 0.5) is 17.2 Å². The van der Waals surface area contributed by atoms with Gasteiger partial charge in [0.1, 0.15) is 5.02 Å². The van der Waals surface area contributed by atoms with E-state index in [-0.39, 0.29) is 11.2 Å². The number of nitrogens with zero attached hydrogens (tertiary/aromatic N) is 5. The van der Waals surface area contributed by atoms with Gasteiger partial charge in [-0.2, -0.15) is 4.98 Å². The maximum absolute atomic E-state index is 13.0. The van der Waals surface area contributed by atoms with Gasteiger partial charge in [-0.25, -0.2) is 4.98 Å². The van der Waals surface area contributed by atoms with Gasteiger partial charge >= 0.3 is 0 Å². The number of aromatic nitrogens is 2. The Labute approximate surface area is 184 Å². The van der Waals surface area contributed by atoms with Crippen LogP contribution in [0.2, 0.25) is 10.3 Å². The molecule has 8 nitrogen and oxygen atoms in total. The Morgan fingerprint density at radius 1 is 1.23 bits per heavy atom. The van der Waals surface area contributed by atoms with Gasteiger partial charge < -0.3 is 19.9 Å². The average molecular weight is 449 g/mol. The normalized spacial score (nSPS) is 21.6. The van der Waals surface area contributed by atoms with E-state index in [2.05, 4.69) is 31.2 Å². The fraction of sp³-hybridized carbons (Fsp3) is 0.450. The van der Waals surface area contributed by atoms with Crippen LogP contribution in [0.1, 0.15) is 15.9 Å². The van der Waals surface area contributed by atoms with Crippen LogP contribution in [0.3, 0.4) is 0 Å². The molecule has 30 heavy (non-hydrogen) atoms. The number of nitrogens with one attached hydrogen (secondary N) is 1. The van der Waals surface area contributed by atoms with Crippen LogP contribution < -0.4 is 10.2 Å². The van der Waals surface area contributed by atoms with E-state index in [0.29, 0.717) is 34.7 Å². The number of piperazine rings is 1. The molecule has 0 spiro atoms. The van der Waals surface area contributed by atoms with E-state index in [4.69, 9.17) is 27.9 Å². The number of morpholine rings is 1. The molecule has 1 unspecified atom stereocenters. The number of anilines is 3. The zero-order chi connectivity index (χ0) is 20.8. The molecule has 5 rings (SSSR count). The van der Waals surface area contributed by atoms with Crippen molar-refractivity contribution < 1.29 is 9.53 Å². The monoisotopic (exact) mass is 448 g/mol. The third-order valence-electron chi connectivity index (χ3n) is 5.99. The minimum Gasteiger partial charge on any atom is -0.378 e. The highest BCUT2D eigenvalue weighted by atomic mass is 35.5. The first-order valence-corrected chi connectivity index (χ1v) is 10.7. The fourth-order valence-corrected chi connectivity index (χ4v) is 4.74. The molecule has 0 bridgehead atoms. The first-order chi connectivity index (χ1) is 14.5. The Bertz CT molecular complexity index is 1000. The van der Waals surface area contributed by atoms with E-state index in [9.17, 15) is 4.79 Å². The molecule has 2 aromatic rings. The molecular weight excluding hydrogens is 427 g/mol. The molecule has 1 N–H and O–H groups in total. The van der Waals surface area contributed by atoms with Crippen molar-refractivity contribution in [3.8, 4) is 0 Å². The lowest BCUT2D eigenvalue weighted by atomic mass is 10.0. The molecule has 2 saturated heterocycles. The van der Waals surface area contributed by atoms with Crippen LogP contribution in [0.25, 0.3) is 0 Å². The van der Waals surface area contributed by atoms with E-state index in [0.717, 1.165) is 50.6 Å². The van der Waals surface area contributed by atoms with Crippen molar-refractivity contribution in [1.29, 1.82) is 0 Å². The van der Waals surface area contributed by atoms with Gasteiger partial charge in [0.05, 0.1) is 36.7 Å². The van der Waals surface area contributed by atoms with Gasteiger partial charge in [0.15, 0.2) is 5.82 Å². The van der Waals surface area contributed by atoms with E-state index >= 15 is 0 Å². The number of benzene rings is 1. The summed E-state index contributed by atoms with van der Waals surface area (Å²) in [5.41, 5.74) is 3.45. The topological polar surface area (TPSA) is 73.8 Å². The van der Waals surface area contributed by atoms with Crippen molar-refractivity contribution in [3.63, 3.8) is 0 Å². The Morgan fingerprint density at radius 3 is 2.97 bits per heavy atom. The van der Waals surface area contributed by atoms with Crippen molar-refractivity contribution in [2.45, 2.75) is 12.6 Å². The standard InChI is InChI=1S/C20H22Cl2N6O2/c1-26-10-13-16(28-5-4-27-6-7-30-11-12(27)9-28)3-2-15(17(13)19(26)29)24-18-14(21)8-23-20(22)25-18/h2-3,8,12H,4-7,9-11H2,1H3,(H,23,24,25). The number of halogens is 2. The van der Waals surface area contributed by atoms with Crippen LogP contribution in [0.5, 0.6) is 0 Å². The number of fused-ring (bicyclic) bond motifs is 2. The van der Waals surface area contributed by atoms with Crippen LogP contribution in [-0.4, -0.2) is 78.2 Å². The maximum Gasteiger partial charge on any atom is 0.256 e. The van der Waals surface area contributed by atoms with Gasteiger partial charge in [-0.3, -0.25) is 9.69 Å². The van der Waals surface area contributed by atoms with Gasteiger partial charge in [0, 0.05) is 51.0 Å². The van der Waals surface area contributed by atoms with Crippen molar-refractivity contribution in [2.24, 2.45) is 0 Å². The Hall–Kier alpha value is -2.13. The minimum atomic E-state index is -0.0229. The zero-order valence-electron chi connectivity index (χ0n) is 16.6. The maximum atomic E-state index is 13.0. The van der Waals surface area contributed by atoms with E-state index in [1.165, 1.54) is 6.20 Å². The molecule has 0 radical (unpaired) electrons. The van der Waals surface area contributed by atoms with E-state index in [1.807, 2.05) is 13.1 Å². The van der Waals surface area contributed by atoms with Crippen molar-refractivity contribution >= 4 is 46.3 Å². The summed E-state index contributed by atoms with van der Waals surface area (Å²) >= 11 is 12.1. The van der Waals surface area contributed by atoms with Gasteiger partial charge in [0.2, 0.25) is 5.28 Å². The number of carbonyl (C=O) groups excluding carboxylic acids is 1. The highest BCUT2D eigenvalue weighted by Crippen LogP contribution is 2.38. The average Bonchev–Trinajstić information content (AvgIpc) is 3.05. The zero-order valence-corrected chi connectivity index (χ0v) is 18.1. The SMILES string of the molecule is CN1Cc2c(N3CCN4CCOCC4C3)ccc(Nc3nc(Cl)ncc3Cl)c2C1=O. The molecule has 0 saturated carbocycles. The lowest BCUT2D eigenvalue weighted by Gasteiger charge is -2.45. The second kappa shape index (κ2) is 7.85. The van der Waals surface area contributed by atoms with Crippen LogP contribution >= 0.6 is 23.2 Å². The summed E-state index contributed by atoms with van der Waals surface area (Å²) < 4.78 is 5.68. The Balaban J connectivity index is 1.49. The number of rotatable bonds is 3. The highest BCUT2D eigenvalue weighted by Gasteiger charge is 2.35. The third-order valence-corrected chi connectivity index (χ3v) is 6.45. The van der Waals surface area contributed by atoms with Gasteiger partial charge in [0.25, 0.3) is 5.91 Å². The van der Waals surface area contributed by atoms with E-state index < -0.39 is 0 Å². The van der Waals surface area contributed by atoms with E-state index in [1.54, 1.807) is 4.90 Å². The minimum absolute atomic E-state index is 0.0229. The summed E-state index contributed by atoms with van der Waals surface area (Å²) in [6.07, 6.45) is 1.44. The summed E-state index contributed by atoms with van der Waals surface area (Å²) in [6, 6.07) is 4.38. The van der Waals surface area contributed by atoms with Crippen molar-refractivity contribution in [1.82, 2.24) is 19.8 Å². The molecule has 4 heterocycles. The number of ether oxygens (including phenoxy) is 1. The Kier molecular flexibility index (Phi) is 5.18. The summed E-state index contributed by atoms with van der Waals surface area (Å²) in [6.45, 7) is 5.94. The number of carbonyl (C=O) groups is 1. The first kappa shape index (κ1) is 19.8. The quantitative estimate of drug-likeness (QED) is 0.723. The smallest absolute Gasteiger partial charge is 0.256 e. The molecule has 158 valence electrons. The third kappa shape index (κ3) is 3.47. The molecule has 2 fully saturated rings. The summed E-state index contributed by atoms with van der Waals surface area (Å²) in [5, 5.41) is 3.60. The van der Waals surface area contributed by atoms with Crippen LogP contribution in [0, 0.1) is 0 Å². The van der Waals surface area contributed by atoms with Gasteiger partial charge in [-0.05, 0) is 23.7 Å². The highest BCUT2D eigenvalue weighted by molar-refractivity contribution is 6.33. The predicted molar refractivity (Wildman–Crippen MR) is 116 cm³/mol. The van der Waals surface area contributed by atoms with Gasteiger partial charge in [-0.15, -0.1) is 0 Å². The second-order valence-electron chi connectivity index (χ2n) is 7.82. The van der Waals surface area contributed by atoms with Crippen molar-refractivity contribution in [2.75, 3.05) is 56.7 Å². The molecule has 1 aromatic heterocycles. The summed E-state index contributed by atoms with van der Waals surface area (Å²) in [4.78, 5) is 27.6. The molecule has 0 aliphatic carbocycles. The lowest BCUT2D eigenvalue weighted by molar-refractivity contribution is -0.0117. The summed E-state index contributed by atoms with van der Waals surface area (Å²) in [7, 11) is 1.82. The first-order valence-electron chi connectivity index (χ1n) is 9.94. The predicted octanol–water partition coefficient (Wildman–Crippen LogP) is 2.63. The Morgan fingerprint density at radius 2 is 2.10 bits per heavy atom. The summed E-state index contributed by atoms with van der Waals surface area (Å²) in [5.74, 6) is 0.354. The molecule has 3 aliphatic rings. The molecule has 1 aromatic carbocycles. The molecule has 3 aliphatic heterocycles. The van der Waals surface area contributed by atoms with Crippen molar-refractivity contribution in [3.05, 3.63) is 39.8 Å². The number of amides is 1. The largest absolute Gasteiger partial charge is 0.378 e. The van der Waals surface area contributed by atoms with Gasteiger partial charge in [-0.1, -0.05) is 11.6 Å². The molecular formula is C20H22Cl2N6O2. The van der Waals surface area contributed by atoms with Crippen LogP contribution in [0.15, 0.2) is 18.3 Å². The number of hydrogen-bond acceptors (Lipinski definition) is 7. The lowest BCUT2D eigenvalue weighted by Crippen LogP contribution is -2.58. The van der Waals surface area contributed by atoms with Crippen LogP contribution in [-0.2, 0) is 11.3 Å². The molecule has 1 atom stereocenters. The molecule has 10 heteroatoms. The molecule has 1 amide bonds. The fourth-order valence-electron chi connectivity index (χ4n) is 4.47.